The lowest BCUT2D eigenvalue weighted by Gasteiger charge is -2.28. The first-order valence-corrected chi connectivity index (χ1v) is 7.09. The maximum atomic E-state index is 4.65. The van der Waals surface area contributed by atoms with E-state index in [9.17, 15) is 0 Å². The van der Waals surface area contributed by atoms with Gasteiger partial charge in [-0.15, -0.1) is 0 Å². The van der Waals surface area contributed by atoms with Crippen LogP contribution in [0.2, 0.25) is 0 Å². The molecule has 0 radical (unpaired) electrons. The van der Waals surface area contributed by atoms with Crippen molar-refractivity contribution in [3.63, 3.8) is 0 Å². The Labute approximate surface area is 107 Å². The number of allylic oxidation sites excluding steroid dienone is 1. The molecule has 0 bridgehead atoms. The minimum atomic E-state index is 0.749. The molecule has 0 N–H and O–H groups in total. The highest BCUT2D eigenvalue weighted by Crippen LogP contribution is 2.14. The molecule has 0 saturated carbocycles. The summed E-state index contributed by atoms with van der Waals surface area (Å²) in [6.07, 6.45) is 7.91. The van der Waals surface area contributed by atoms with Crippen molar-refractivity contribution in [1.29, 1.82) is 0 Å². The van der Waals surface area contributed by atoms with E-state index in [0.717, 1.165) is 35.5 Å². The van der Waals surface area contributed by atoms with E-state index in [-0.39, 0.29) is 0 Å². The Hall–Kier alpha value is -1.03. The fourth-order valence-corrected chi connectivity index (χ4v) is 2.58. The predicted octanol–water partition coefficient (Wildman–Crippen LogP) is 3.06. The van der Waals surface area contributed by atoms with Crippen LogP contribution in [0.5, 0.6) is 0 Å². The van der Waals surface area contributed by atoms with Crippen molar-refractivity contribution in [1.82, 2.24) is 4.90 Å². The molecule has 0 atom stereocenters. The van der Waals surface area contributed by atoms with Crippen molar-refractivity contribution >= 4 is 22.6 Å². The van der Waals surface area contributed by atoms with Crippen LogP contribution in [-0.2, 0) is 0 Å². The summed E-state index contributed by atoms with van der Waals surface area (Å²) in [6.45, 7) is 8.18. The number of thioether (sulfide) groups is 1. The van der Waals surface area contributed by atoms with E-state index < -0.39 is 0 Å². The molecule has 1 fully saturated rings. The summed E-state index contributed by atoms with van der Waals surface area (Å²) in [6, 6.07) is 0. The summed E-state index contributed by atoms with van der Waals surface area (Å²) in [4.78, 5) is 11.4. The number of likely N-dealkylation sites (tertiary alicyclic amines) is 1. The van der Waals surface area contributed by atoms with Gasteiger partial charge in [0.1, 0.15) is 5.84 Å². The van der Waals surface area contributed by atoms with Crippen LogP contribution in [0.25, 0.3) is 0 Å². The normalized spacial score (nSPS) is 22.4. The van der Waals surface area contributed by atoms with Crippen molar-refractivity contribution in [2.45, 2.75) is 26.2 Å². The lowest BCUT2D eigenvalue weighted by molar-refractivity contribution is 0.343. The van der Waals surface area contributed by atoms with E-state index in [2.05, 4.69) is 27.5 Å². The van der Waals surface area contributed by atoms with Crippen molar-refractivity contribution in [3.8, 4) is 0 Å². The van der Waals surface area contributed by atoms with Crippen LogP contribution >= 0.6 is 11.8 Å². The van der Waals surface area contributed by atoms with E-state index >= 15 is 0 Å². The molecule has 0 aromatic rings. The van der Waals surface area contributed by atoms with Crippen LogP contribution in [0.4, 0.5) is 0 Å². The van der Waals surface area contributed by atoms with Gasteiger partial charge < -0.3 is 4.90 Å². The molecule has 0 amide bonds. The molecule has 0 unspecified atom stereocenters. The molecule has 2 aliphatic rings. The second-order valence-electron chi connectivity index (χ2n) is 4.29. The number of hydrogen-bond donors (Lipinski definition) is 0. The molecular weight excluding hydrogens is 230 g/mol. The second kappa shape index (κ2) is 6.05. The highest BCUT2D eigenvalue weighted by Gasteiger charge is 2.13. The summed E-state index contributed by atoms with van der Waals surface area (Å²) in [5, 5.41) is 1.03. The SMILES string of the molecule is C=C1C=CC(N2CCCCC2)=NCSC(C)=N1. The van der Waals surface area contributed by atoms with Crippen LogP contribution in [-0.4, -0.2) is 34.7 Å². The molecule has 2 aliphatic heterocycles. The van der Waals surface area contributed by atoms with Crippen LogP contribution in [0.3, 0.4) is 0 Å². The number of amidine groups is 1. The van der Waals surface area contributed by atoms with Crippen LogP contribution in [0.1, 0.15) is 26.2 Å². The van der Waals surface area contributed by atoms with Gasteiger partial charge in [0.25, 0.3) is 0 Å². The van der Waals surface area contributed by atoms with Gasteiger partial charge in [-0.1, -0.05) is 18.3 Å². The van der Waals surface area contributed by atoms with Gasteiger partial charge in [0.2, 0.25) is 0 Å². The zero-order valence-corrected chi connectivity index (χ0v) is 11.2. The topological polar surface area (TPSA) is 28.0 Å². The smallest absolute Gasteiger partial charge is 0.124 e. The molecule has 0 aromatic carbocycles. The second-order valence-corrected chi connectivity index (χ2v) is 5.43. The largest absolute Gasteiger partial charge is 0.357 e. The van der Waals surface area contributed by atoms with Crippen molar-refractivity contribution in [2.24, 2.45) is 9.98 Å². The molecule has 1 saturated heterocycles. The molecule has 2 heterocycles. The van der Waals surface area contributed by atoms with Crippen LogP contribution < -0.4 is 0 Å². The van der Waals surface area contributed by atoms with E-state index in [1.165, 1.54) is 19.3 Å². The summed E-state index contributed by atoms with van der Waals surface area (Å²) < 4.78 is 0. The summed E-state index contributed by atoms with van der Waals surface area (Å²) >= 11 is 1.67. The van der Waals surface area contributed by atoms with Gasteiger partial charge in [0, 0.05) is 13.1 Å². The zero-order valence-electron chi connectivity index (χ0n) is 10.4. The van der Waals surface area contributed by atoms with Crippen molar-refractivity contribution in [2.75, 3.05) is 19.0 Å². The van der Waals surface area contributed by atoms with Crippen molar-refractivity contribution in [3.05, 3.63) is 24.4 Å². The van der Waals surface area contributed by atoms with Gasteiger partial charge in [-0.3, -0.25) is 4.99 Å². The quantitative estimate of drug-likeness (QED) is 0.660. The Morgan fingerprint density at radius 3 is 2.76 bits per heavy atom. The third-order valence-corrected chi connectivity index (χ3v) is 3.67. The van der Waals surface area contributed by atoms with E-state index in [0.29, 0.717) is 0 Å². The standard InChI is InChI=1S/C13H19N3S/c1-11-6-7-13(14-10-17-12(2)15-11)16-8-4-3-5-9-16/h6-7H,1,3-5,8-10H2,2H3. The average Bonchev–Trinajstić information content (AvgIpc) is 2.41. The first-order valence-electron chi connectivity index (χ1n) is 6.10. The minimum Gasteiger partial charge on any atom is -0.357 e. The highest BCUT2D eigenvalue weighted by molar-refractivity contribution is 8.13. The van der Waals surface area contributed by atoms with E-state index in [1.54, 1.807) is 11.8 Å². The molecule has 17 heavy (non-hydrogen) atoms. The Morgan fingerprint density at radius 2 is 2.00 bits per heavy atom. The fraction of sp³-hybridized carbons (Fsp3) is 0.538. The Bertz CT molecular complexity index is 376. The number of rotatable bonds is 0. The number of hydrogen-bond acceptors (Lipinski definition) is 4. The molecule has 92 valence electrons. The van der Waals surface area contributed by atoms with Gasteiger partial charge in [0.15, 0.2) is 0 Å². The summed E-state index contributed by atoms with van der Waals surface area (Å²) in [5.74, 6) is 1.84. The zero-order chi connectivity index (χ0) is 12.1. The highest BCUT2D eigenvalue weighted by atomic mass is 32.2. The lowest BCUT2D eigenvalue weighted by atomic mass is 10.1. The number of aliphatic imine (C=N–C) groups is 2. The molecule has 0 spiro atoms. The summed E-state index contributed by atoms with van der Waals surface area (Å²) in [5.41, 5.74) is 0.807. The van der Waals surface area contributed by atoms with Crippen LogP contribution in [0, 0.1) is 0 Å². The van der Waals surface area contributed by atoms with Crippen molar-refractivity contribution < 1.29 is 0 Å². The minimum absolute atomic E-state index is 0.749. The van der Waals surface area contributed by atoms with E-state index in [4.69, 9.17) is 0 Å². The number of piperidine rings is 1. The Morgan fingerprint density at radius 1 is 1.24 bits per heavy atom. The molecule has 2 rings (SSSR count). The lowest BCUT2D eigenvalue weighted by Crippen LogP contribution is -2.34. The fourth-order valence-electron chi connectivity index (χ4n) is 2.02. The van der Waals surface area contributed by atoms with Gasteiger partial charge in [-0.05, 0) is 38.3 Å². The van der Waals surface area contributed by atoms with Gasteiger partial charge >= 0.3 is 0 Å². The molecule has 3 nitrogen and oxygen atoms in total. The Balaban J connectivity index is 2.11. The van der Waals surface area contributed by atoms with Crippen LogP contribution in [0.15, 0.2) is 34.4 Å². The third-order valence-electron chi connectivity index (χ3n) is 2.91. The first-order chi connectivity index (χ1) is 8.25. The average molecular weight is 249 g/mol. The monoisotopic (exact) mass is 249 g/mol. The molecular formula is C13H19N3S. The van der Waals surface area contributed by atoms with Gasteiger partial charge in [-0.2, -0.15) is 0 Å². The van der Waals surface area contributed by atoms with E-state index in [1.807, 2.05) is 13.0 Å². The molecule has 0 aliphatic carbocycles. The number of nitrogens with zero attached hydrogens (tertiary/aromatic N) is 3. The molecule has 0 aromatic heterocycles. The van der Waals surface area contributed by atoms with Gasteiger partial charge in [-0.25, -0.2) is 4.99 Å². The van der Waals surface area contributed by atoms with Gasteiger partial charge in [0.05, 0.1) is 16.6 Å². The first kappa shape index (κ1) is 12.4. The maximum absolute atomic E-state index is 4.65. The Kier molecular flexibility index (Phi) is 4.42. The predicted molar refractivity (Wildman–Crippen MR) is 76.7 cm³/mol. The summed E-state index contributed by atoms with van der Waals surface area (Å²) in [7, 11) is 0. The molecule has 4 heteroatoms. The maximum Gasteiger partial charge on any atom is 0.124 e. The third kappa shape index (κ3) is 3.73.